The molecule has 0 atom stereocenters. The van der Waals surface area contributed by atoms with Crippen LogP contribution in [0.4, 0.5) is 0 Å². The van der Waals surface area contributed by atoms with Gasteiger partial charge in [0.25, 0.3) is 0 Å². The third kappa shape index (κ3) is 2.47. The third-order valence-electron chi connectivity index (χ3n) is 2.71. The van der Waals surface area contributed by atoms with E-state index in [1.54, 1.807) is 0 Å². The first-order valence-corrected chi connectivity index (χ1v) is 5.45. The maximum Gasteiger partial charge on any atom is -0.0225 e. The minimum Gasteiger partial charge on any atom is -0.0810 e. The van der Waals surface area contributed by atoms with Gasteiger partial charge in [0.2, 0.25) is 0 Å². The van der Waals surface area contributed by atoms with E-state index < -0.39 is 0 Å². The van der Waals surface area contributed by atoms with Gasteiger partial charge in [-0.25, -0.2) is 0 Å². The zero-order valence-corrected chi connectivity index (χ0v) is 9.72. The summed E-state index contributed by atoms with van der Waals surface area (Å²) in [7, 11) is 0. The molecule has 1 rings (SSSR count). The molecule has 0 nitrogen and oxygen atoms in total. The lowest BCUT2D eigenvalue weighted by Crippen LogP contribution is -1.87. The fourth-order valence-electron chi connectivity index (χ4n) is 1.65. The molecule has 0 saturated heterocycles. The van der Waals surface area contributed by atoms with Gasteiger partial charge in [-0.1, -0.05) is 38.1 Å². The molecule has 0 aromatic heterocycles. The number of benzene rings is 1. The molecule has 0 N–H and O–H groups in total. The van der Waals surface area contributed by atoms with Gasteiger partial charge < -0.3 is 0 Å². The SMILES string of the molecule is CCC=C(CC)c1ccc(C)c(C)c1. The molecular formula is C14H20. The summed E-state index contributed by atoms with van der Waals surface area (Å²) in [6, 6.07) is 6.73. The first kappa shape index (κ1) is 11.0. The van der Waals surface area contributed by atoms with Gasteiger partial charge >= 0.3 is 0 Å². The van der Waals surface area contributed by atoms with Crippen LogP contribution >= 0.6 is 0 Å². The van der Waals surface area contributed by atoms with Crippen LogP contribution in [0.2, 0.25) is 0 Å². The molecule has 0 aliphatic carbocycles. The minimum absolute atomic E-state index is 1.12. The molecule has 0 spiro atoms. The molecule has 0 saturated carbocycles. The van der Waals surface area contributed by atoms with Gasteiger partial charge in [0.15, 0.2) is 0 Å². The molecular weight excluding hydrogens is 168 g/mol. The van der Waals surface area contributed by atoms with Crippen LogP contribution in [0.1, 0.15) is 43.4 Å². The van der Waals surface area contributed by atoms with Crippen molar-refractivity contribution in [2.75, 3.05) is 0 Å². The topological polar surface area (TPSA) is 0 Å². The Labute approximate surface area is 87.7 Å². The highest BCUT2D eigenvalue weighted by molar-refractivity contribution is 5.66. The van der Waals surface area contributed by atoms with Crippen molar-refractivity contribution in [2.24, 2.45) is 0 Å². The molecule has 0 fully saturated rings. The number of aryl methyl sites for hydroxylation is 2. The summed E-state index contributed by atoms with van der Waals surface area (Å²) in [6.07, 6.45) is 4.57. The zero-order chi connectivity index (χ0) is 10.6. The summed E-state index contributed by atoms with van der Waals surface area (Å²) >= 11 is 0. The zero-order valence-electron chi connectivity index (χ0n) is 9.72. The summed E-state index contributed by atoms with van der Waals surface area (Å²) in [4.78, 5) is 0. The van der Waals surface area contributed by atoms with Gasteiger partial charge in [-0.2, -0.15) is 0 Å². The van der Waals surface area contributed by atoms with Crippen LogP contribution in [0.15, 0.2) is 24.3 Å². The molecule has 0 aliphatic rings. The second kappa shape index (κ2) is 4.99. The molecule has 1 aromatic rings. The van der Waals surface area contributed by atoms with Crippen molar-refractivity contribution in [3.63, 3.8) is 0 Å². The molecule has 0 heterocycles. The monoisotopic (exact) mass is 188 g/mol. The summed E-state index contributed by atoms with van der Waals surface area (Å²) in [5.74, 6) is 0. The Kier molecular flexibility index (Phi) is 3.94. The molecule has 14 heavy (non-hydrogen) atoms. The molecule has 0 bridgehead atoms. The first-order chi connectivity index (χ1) is 6.69. The van der Waals surface area contributed by atoms with Crippen LogP contribution < -0.4 is 0 Å². The highest BCUT2D eigenvalue weighted by Crippen LogP contribution is 2.21. The highest BCUT2D eigenvalue weighted by atomic mass is 14.1. The molecule has 76 valence electrons. The fraction of sp³-hybridized carbons (Fsp3) is 0.429. The van der Waals surface area contributed by atoms with Crippen molar-refractivity contribution >= 4 is 5.57 Å². The van der Waals surface area contributed by atoms with Crippen LogP contribution in [-0.2, 0) is 0 Å². The van der Waals surface area contributed by atoms with Gasteiger partial charge in [-0.3, -0.25) is 0 Å². The second-order valence-electron chi connectivity index (χ2n) is 3.79. The standard InChI is InChI=1S/C14H20/c1-5-7-13(6-2)14-9-8-11(3)12(4)10-14/h7-10H,5-6H2,1-4H3. The van der Waals surface area contributed by atoms with E-state index in [1.165, 1.54) is 22.3 Å². The van der Waals surface area contributed by atoms with E-state index in [0.717, 1.165) is 12.8 Å². The van der Waals surface area contributed by atoms with E-state index in [-0.39, 0.29) is 0 Å². The molecule has 0 unspecified atom stereocenters. The number of hydrogen-bond donors (Lipinski definition) is 0. The lowest BCUT2D eigenvalue weighted by atomic mass is 9.98. The van der Waals surface area contributed by atoms with Gasteiger partial charge in [0.1, 0.15) is 0 Å². The number of allylic oxidation sites excluding steroid dienone is 2. The summed E-state index contributed by atoms with van der Waals surface area (Å²) in [5.41, 5.74) is 5.62. The van der Waals surface area contributed by atoms with E-state index in [1.807, 2.05) is 0 Å². The Bertz CT molecular complexity index is 332. The quantitative estimate of drug-likeness (QED) is 0.655. The maximum atomic E-state index is 2.32. The van der Waals surface area contributed by atoms with Crippen molar-refractivity contribution in [2.45, 2.75) is 40.5 Å². The predicted octanol–water partition coefficient (Wildman–Crippen LogP) is 4.51. The second-order valence-corrected chi connectivity index (χ2v) is 3.79. The third-order valence-corrected chi connectivity index (χ3v) is 2.71. The Balaban J connectivity index is 3.06. The van der Waals surface area contributed by atoms with E-state index >= 15 is 0 Å². The van der Waals surface area contributed by atoms with Crippen LogP contribution in [0, 0.1) is 13.8 Å². The molecule has 0 amide bonds. The van der Waals surface area contributed by atoms with E-state index in [9.17, 15) is 0 Å². The van der Waals surface area contributed by atoms with E-state index in [0.29, 0.717) is 0 Å². The highest BCUT2D eigenvalue weighted by Gasteiger charge is 2.00. The van der Waals surface area contributed by atoms with Crippen molar-refractivity contribution in [1.29, 1.82) is 0 Å². The van der Waals surface area contributed by atoms with Crippen LogP contribution in [-0.4, -0.2) is 0 Å². The molecule has 0 aliphatic heterocycles. The first-order valence-electron chi connectivity index (χ1n) is 5.45. The van der Waals surface area contributed by atoms with Crippen LogP contribution in [0.3, 0.4) is 0 Å². The fourth-order valence-corrected chi connectivity index (χ4v) is 1.65. The van der Waals surface area contributed by atoms with Crippen molar-refractivity contribution in [3.05, 3.63) is 41.0 Å². The Morgan fingerprint density at radius 1 is 1.14 bits per heavy atom. The van der Waals surface area contributed by atoms with Crippen molar-refractivity contribution < 1.29 is 0 Å². The van der Waals surface area contributed by atoms with Gasteiger partial charge in [0, 0.05) is 0 Å². The summed E-state index contributed by atoms with van der Waals surface area (Å²) in [6.45, 7) is 8.75. The number of hydrogen-bond acceptors (Lipinski definition) is 0. The maximum absolute atomic E-state index is 2.32. The van der Waals surface area contributed by atoms with Crippen LogP contribution in [0.25, 0.3) is 5.57 Å². The smallest absolute Gasteiger partial charge is 0.0225 e. The van der Waals surface area contributed by atoms with Crippen molar-refractivity contribution in [3.8, 4) is 0 Å². The summed E-state index contributed by atoms with van der Waals surface area (Å²) in [5, 5.41) is 0. The minimum atomic E-state index is 1.12. The Hall–Kier alpha value is -1.04. The average Bonchev–Trinajstić information content (AvgIpc) is 2.19. The lowest BCUT2D eigenvalue weighted by molar-refractivity contribution is 1.17. The average molecular weight is 188 g/mol. The number of rotatable bonds is 3. The van der Waals surface area contributed by atoms with E-state index in [4.69, 9.17) is 0 Å². The molecule has 0 radical (unpaired) electrons. The van der Waals surface area contributed by atoms with Gasteiger partial charge in [-0.05, 0) is 49.0 Å². The predicted molar refractivity (Wildman–Crippen MR) is 64.5 cm³/mol. The Morgan fingerprint density at radius 2 is 1.86 bits per heavy atom. The Morgan fingerprint density at radius 3 is 2.36 bits per heavy atom. The van der Waals surface area contributed by atoms with E-state index in [2.05, 4.69) is 52.0 Å². The van der Waals surface area contributed by atoms with Gasteiger partial charge in [0.05, 0.1) is 0 Å². The lowest BCUT2D eigenvalue weighted by Gasteiger charge is -2.07. The summed E-state index contributed by atoms with van der Waals surface area (Å²) < 4.78 is 0. The van der Waals surface area contributed by atoms with Crippen molar-refractivity contribution in [1.82, 2.24) is 0 Å². The van der Waals surface area contributed by atoms with Gasteiger partial charge in [-0.15, -0.1) is 0 Å². The molecule has 0 heteroatoms. The van der Waals surface area contributed by atoms with Crippen LogP contribution in [0.5, 0.6) is 0 Å². The molecule has 1 aromatic carbocycles. The largest absolute Gasteiger partial charge is 0.0810 e. The normalized spacial score (nSPS) is 11.9.